The van der Waals surface area contributed by atoms with Crippen molar-refractivity contribution in [2.45, 2.75) is 31.5 Å². The Kier molecular flexibility index (Phi) is 5.91. The lowest BCUT2D eigenvalue weighted by Gasteiger charge is -2.34. The van der Waals surface area contributed by atoms with E-state index in [4.69, 9.17) is 4.74 Å². The summed E-state index contributed by atoms with van der Waals surface area (Å²) in [6.45, 7) is 1.92. The normalized spacial score (nSPS) is 21.1. The highest BCUT2D eigenvalue weighted by molar-refractivity contribution is 14.1. The van der Waals surface area contributed by atoms with Gasteiger partial charge in [0.1, 0.15) is 5.75 Å². The molecule has 1 aliphatic rings. The van der Waals surface area contributed by atoms with Crippen LogP contribution in [0.4, 0.5) is 0 Å². The van der Waals surface area contributed by atoms with Gasteiger partial charge in [0.15, 0.2) is 0 Å². The maximum absolute atomic E-state index is 5.49. The molecule has 2 aromatic rings. The number of benzene rings is 2. The van der Waals surface area contributed by atoms with Crippen LogP contribution in [-0.2, 0) is 6.54 Å². The zero-order valence-electron chi connectivity index (χ0n) is 13.4. The molecule has 23 heavy (non-hydrogen) atoms. The summed E-state index contributed by atoms with van der Waals surface area (Å²) >= 11 is 2.35. The number of piperidine rings is 1. The highest BCUT2D eigenvalue weighted by Gasteiger charge is 2.25. The van der Waals surface area contributed by atoms with Crippen LogP contribution in [0.15, 0.2) is 48.5 Å². The first kappa shape index (κ1) is 16.7. The summed E-state index contributed by atoms with van der Waals surface area (Å²) in [7, 11) is 1.74. The third-order valence-corrected chi connectivity index (χ3v) is 5.09. The molecule has 1 aliphatic heterocycles. The molecule has 0 aromatic heterocycles. The molecule has 2 aromatic carbocycles. The maximum Gasteiger partial charge on any atom is 0.123 e. The standard InChI is InChI=1S/C19H23IN2O/c1-23-18-10-9-16(20)12-15(18)13-22-17-8-5-11-21-19(17)14-6-3-2-4-7-14/h2-4,6-7,9-10,12,17,19,21-22H,5,8,11,13H2,1H3/t17-,19-/m0/s1. The number of hydrogen-bond acceptors (Lipinski definition) is 3. The Labute approximate surface area is 152 Å². The molecule has 3 nitrogen and oxygen atoms in total. The number of ether oxygens (including phenoxy) is 1. The predicted octanol–water partition coefficient (Wildman–Crippen LogP) is 3.88. The Morgan fingerprint density at radius 2 is 2.04 bits per heavy atom. The summed E-state index contributed by atoms with van der Waals surface area (Å²) in [6, 6.07) is 17.9. The second-order valence-corrected chi connectivity index (χ2v) is 7.17. The third kappa shape index (κ3) is 4.25. The van der Waals surface area contributed by atoms with Crippen molar-refractivity contribution in [2.24, 2.45) is 0 Å². The van der Waals surface area contributed by atoms with E-state index in [1.807, 2.05) is 6.07 Å². The summed E-state index contributed by atoms with van der Waals surface area (Å²) in [5, 5.41) is 7.41. The first-order valence-electron chi connectivity index (χ1n) is 8.12. The largest absolute Gasteiger partial charge is 0.496 e. The summed E-state index contributed by atoms with van der Waals surface area (Å²) in [5.41, 5.74) is 2.58. The van der Waals surface area contributed by atoms with Crippen LogP contribution in [0.1, 0.15) is 30.0 Å². The molecule has 4 heteroatoms. The van der Waals surface area contributed by atoms with Gasteiger partial charge in [-0.1, -0.05) is 30.3 Å². The van der Waals surface area contributed by atoms with Crippen LogP contribution in [0, 0.1) is 3.57 Å². The van der Waals surface area contributed by atoms with Gasteiger partial charge in [-0.25, -0.2) is 0 Å². The van der Waals surface area contributed by atoms with Gasteiger partial charge in [-0.2, -0.15) is 0 Å². The number of halogens is 1. The van der Waals surface area contributed by atoms with Gasteiger partial charge in [0.2, 0.25) is 0 Å². The zero-order chi connectivity index (χ0) is 16.1. The smallest absolute Gasteiger partial charge is 0.123 e. The summed E-state index contributed by atoms with van der Waals surface area (Å²) in [5.74, 6) is 0.956. The van der Waals surface area contributed by atoms with Gasteiger partial charge in [0.05, 0.1) is 7.11 Å². The van der Waals surface area contributed by atoms with Crippen LogP contribution >= 0.6 is 22.6 Å². The second kappa shape index (κ2) is 8.13. The Morgan fingerprint density at radius 1 is 1.22 bits per heavy atom. The van der Waals surface area contributed by atoms with E-state index < -0.39 is 0 Å². The van der Waals surface area contributed by atoms with Gasteiger partial charge >= 0.3 is 0 Å². The van der Waals surface area contributed by atoms with E-state index in [1.54, 1.807) is 7.11 Å². The molecule has 0 saturated carbocycles. The monoisotopic (exact) mass is 422 g/mol. The van der Waals surface area contributed by atoms with E-state index in [-0.39, 0.29) is 0 Å². The number of nitrogens with one attached hydrogen (secondary N) is 2. The SMILES string of the molecule is COc1ccc(I)cc1CN[C@H]1CCCN[C@H]1c1ccccc1. The van der Waals surface area contributed by atoms with Crippen LogP contribution in [0.25, 0.3) is 0 Å². The van der Waals surface area contributed by atoms with E-state index in [9.17, 15) is 0 Å². The molecular formula is C19H23IN2O. The van der Waals surface area contributed by atoms with Gasteiger partial charge in [-0.15, -0.1) is 0 Å². The maximum atomic E-state index is 5.49. The molecular weight excluding hydrogens is 399 g/mol. The Balaban J connectivity index is 1.72. The average molecular weight is 422 g/mol. The second-order valence-electron chi connectivity index (χ2n) is 5.93. The van der Waals surface area contributed by atoms with E-state index in [2.05, 4.69) is 75.7 Å². The fourth-order valence-electron chi connectivity index (χ4n) is 3.25. The van der Waals surface area contributed by atoms with Crippen molar-refractivity contribution in [3.63, 3.8) is 0 Å². The summed E-state index contributed by atoms with van der Waals surface area (Å²) in [6.07, 6.45) is 2.41. The fourth-order valence-corrected chi connectivity index (χ4v) is 3.80. The molecule has 2 atom stereocenters. The summed E-state index contributed by atoms with van der Waals surface area (Å²) < 4.78 is 6.73. The zero-order valence-corrected chi connectivity index (χ0v) is 15.5. The number of hydrogen-bond donors (Lipinski definition) is 2. The molecule has 0 spiro atoms. The van der Waals surface area contributed by atoms with Crippen molar-refractivity contribution in [3.8, 4) is 5.75 Å². The molecule has 0 radical (unpaired) electrons. The molecule has 1 saturated heterocycles. The first-order chi connectivity index (χ1) is 11.3. The lowest BCUT2D eigenvalue weighted by atomic mass is 9.92. The lowest BCUT2D eigenvalue weighted by Crippen LogP contribution is -2.45. The lowest BCUT2D eigenvalue weighted by molar-refractivity contribution is 0.303. The Hall–Kier alpha value is -1.11. The van der Waals surface area contributed by atoms with Crippen molar-refractivity contribution in [1.29, 1.82) is 0 Å². The molecule has 1 fully saturated rings. The molecule has 0 bridgehead atoms. The van der Waals surface area contributed by atoms with E-state index in [0.717, 1.165) is 18.8 Å². The van der Waals surface area contributed by atoms with Crippen LogP contribution in [-0.4, -0.2) is 19.7 Å². The summed E-state index contributed by atoms with van der Waals surface area (Å²) in [4.78, 5) is 0. The quantitative estimate of drug-likeness (QED) is 0.718. The molecule has 0 unspecified atom stereocenters. The van der Waals surface area contributed by atoms with Gasteiger partial charge in [0.25, 0.3) is 0 Å². The minimum absolute atomic E-state index is 0.374. The highest BCUT2D eigenvalue weighted by atomic mass is 127. The van der Waals surface area contributed by atoms with Gasteiger partial charge in [0, 0.05) is 27.8 Å². The minimum Gasteiger partial charge on any atom is -0.496 e. The Morgan fingerprint density at radius 3 is 2.83 bits per heavy atom. The minimum atomic E-state index is 0.374. The molecule has 122 valence electrons. The van der Waals surface area contributed by atoms with Gasteiger partial charge in [-0.3, -0.25) is 0 Å². The number of methoxy groups -OCH3 is 1. The first-order valence-corrected chi connectivity index (χ1v) is 9.20. The Bertz CT molecular complexity index is 633. The van der Waals surface area contributed by atoms with Crippen molar-refractivity contribution in [2.75, 3.05) is 13.7 Å². The van der Waals surface area contributed by atoms with Crippen LogP contribution in [0.2, 0.25) is 0 Å². The van der Waals surface area contributed by atoms with Crippen LogP contribution in [0.5, 0.6) is 5.75 Å². The van der Waals surface area contributed by atoms with E-state index in [1.165, 1.54) is 27.5 Å². The molecule has 2 N–H and O–H groups in total. The van der Waals surface area contributed by atoms with Crippen molar-refractivity contribution in [1.82, 2.24) is 10.6 Å². The van der Waals surface area contributed by atoms with E-state index in [0.29, 0.717) is 12.1 Å². The average Bonchev–Trinajstić information content (AvgIpc) is 2.61. The van der Waals surface area contributed by atoms with Gasteiger partial charge < -0.3 is 15.4 Å². The third-order valence-electron chi connectivity index (χ3n) is 4.41. The molecule has 0 aliphatic carbocycles. The highest BCUT2D eigenvalue weighted by Crippen LogP contribution is 2.25. The topological polar surface area (TPSA) is 33.3 Å². The fraction of sp³-hybridized carbons (Fsp3) is 0.368. The van der Waals surface area contributed by atoms with E-state index >= 15 is 0 Å². The van der Waals surface area contributed by atoms with Crippen molar-refractivity contribution < 1.29 is 4.74 Å². The molecule has 0 amide bonds. The van der Waals surface area contributed by atoms with Crippen molar-refractivity contribution in [3.05, 3.63) is 63.2 Å². The van der Waals surface area contributed by atoms with Crippen molar-refractivity contribution >= 4 is 22.6 Å². The van der Waals surface area contributed by atoms with Crippen LogP contribution in [0.3, 0.4) is 0 Å². The molecule has 3 rings (SSSR count). The molecule has 1 heterocycles. The van der Waals surface area contributed by atoms with Crippen LogP contribution < -0.4 is 15.4 Å². The van der Waals surface area contributed by atoms with Gasteiger partial charge in [-0.05, 0) is 65.7 Å². The number of rotatable bonds is 5. The predicted molar refractivity (Wildman–Crippen MR) is 103 cm³/mol.